The molecule has 1 aliphatic heterocycles. The zero-order valence-corrected chi connectivity index (χ0v) is 22.3. The molecule has 0 radical (unpaired) electrons. The lowest BCUT2D eigenvalue weighted by Gasteiger charge is -2.39. The maximum absolute atomic E-state index is 13.4. The second-order valence-electron chi connectivity index (χ2n) is 8.86. The number of nitrogens with zero attached hydrogens (tertiary/aromatic N) is 3. The Morgan fingerprint density at radius 1 is 1.21 bits per heavy atom. The summed E-state index contributed by atoms with van der Waals surface area (Å²) in [5, 5.41) is 11.3. The summed E-state index contributed by atoms with van der Waals surface area (Å²) in [5.74, 6) is -3.44. The van der Waals surface area contributed by atoms with Gasteiger partial charge in [0.25, 0.3) is 10.0 Å². The van der Waals surface area contributed by atoms with Gasteiger partial charge >= 0.3 is 5.97 Å². The topological polar surface area (TPSA) is 194 Å². The van der Waals surface area contributed by atoms with E-state index in [2.05, 4.69) is 15.0 Å². The molecule has 15 heteroatoms. The van der Waals surface area contributed by atoms with Gasteiger partial charge < -0.3 is 25.6 Å². The van der Waals surface area contributed by atoms with Crippen LogP contribution in [-0.4, -0.2) is 87.8 Å². The number of amides is 3. The number of aryl methyl sites for hydroxylation is 1. The van der Waals surface area contributed by atoms with Crippen LogP contribution in [0.3, 0.4) is 0 Å². The van der Waals surface area contributed by atoms with E-state index in [1.165, 1.54) is 22.0 Å². The van der Waals surface area contributed by atoms with Gasteiger partial charge in [-0.2, -0.15) is 0 Å². The lowest BCUT2D eigenvalue weighted by molar-refractivity contribution is -0.141. The summed E-state index contributed by atoms with van der Waals surface area (Å²) >= 11 is 0.889. The van der Waals surface area contributed by atoms with Crippen molar-refractivity contribution in [1.82, 2.24) is 24.5 Å². The van der Waals surface area contributed by atoms with Crippen molar-refractivity contribution in [1.29, 1.82) is 0 Å². The number of rotatable bonds is 12. The summed E-state index contributed by atoms with van der Waals surface area (Å²) < 4.78 is 29.6. The Kier molecular flexibility index (Phi) is 9.88. The van der Waals surface area contributed by atoms with Crippen LogP contribution in [0.4, 0.5) is 0 Å². The number of benzene rings is 1. The zero-order valence-electron chi connectivity index (χ0n) is 20.6. The minimum absolute atomic E-state index is 0.0415. The number of thioether (sulfide) groups is 1. The van der Waals surface area contributed by atoms with Gasteiger partial charge in [-0.05, 0) is 18.4 Å². The van der Waals surface area contributed by atoms with Crippen molar-refractivity contribution in [3.63, 3.8) is 0 Å². The molecule has 3 amide bonds. The number of primary amides is 1. The third-order valence-corrected chi connectivity index (χ3v) is 8.20. The average Bonchev–Trinajstić information content (AvgIpc) is 3.31. The van der Waals surface area contributed by atoms with Crippen LogP contribution in [0.25, 0.3) is 0 Å². The lowest BCUT2D eigenvalue weighted by atomic mass is 9.96. The Hall–Kier alpha value is -3.43. The number of hydrogen-bond acceptors (Lipinski definition) is 8. The molecule has 1 aliphatic rings. The fourth-order valence-corrected chi connectivity index (χ4v) is 5.96. The fourth-order valence-electron chi connectivity index (χ4n) is 4.08. The van der Waals surface area contributed by atoms with Gasteiger partial charge in [-0.3, -0.25) is 19.2 Å². The van der Waals surface area contributed by atoms with E-state index in [9.17, 15) is 27.6 Å². The highest BCUT2D eigenvalue weighted by Gasteiger charge is 2.39. The molecule has 0 unspecified atom stereocenters. The minimum Gasteiger partial charge on any atom is -0.481 e. The molecule has 0 bridgehead atoms. The number of carbonyl (C=O) groups is 4. The first-order valence-corrected chi connectivity index (χ1v) is 14.3. The number of likely N-dealkylation sites (tertiary alicyclic amines) is 1. The lowest BCUT2D eigenvalue weighted by Crippen LogP contribution is -2.60. The molecule has 206 valence electrons. The predicted octanol–water partition coefficient (Wildman–Crippen LogP) is -0.911. The number of carbonyl (C=O) groups excluding carboxylic acids is 3. The van der Waals surface area contributed by atoms with Crippen molar-refractivity contribution in [3.8, 4) is 0 Å². The molecule has 5 N–H and O–H groups in total. The predicted molar refractivity (Wildman–Crippen MR) is 138 cm³/mol. The van der Waals surface area contributed by atoms with Crippen LogP contribution in [0.1, 0.15) is 18.4 Å². The van der Waals surface area contributed by atoms with E-state index in [4.69, 9.17) is 10.8 Å². The van der Waals surface area contributed by atoms with Gasteiger partial charge in [-0.1, -0.05) is 30.3 Å². The molecule has 0 saturated carbocycles. The number of aliphatic carboxylic acids is 1. The van der Waals surface area contributed by atoms with Crippen LogP contribution in [-0.2, 0) is 42.7 Å². The Morgan fingerprint density at radius 2 is 1.92 bits per heavy atom. The zero-order chi connectivity index (χ0) is 27.9. The van der Waals surface area contributed by atoms with Crippen LogP contribution in [0.15, 0.2) is 47.9 Å². The maximum atomic E-state index is 13.4. The molecule has 1 aromatic heterocycles. The van der Waals surface area contributed by atoms with Crippen LogP contribution in [0, 0.1) is 0 Å². The number of carboxylic acid groups (broad SMARTS) is 1. The summed E-state index contributed by atoms with van der Waals surface area (Å²) in [7, 11) is -2.36. The molecule has 2 heterocycles. The van der Waals surface area contributed by atoms with E-state index < -0.39 is 51.8 Å². The number of carboxylic acids is 1. The number of imidazole rings is 1. The van der Waals surface area contributed by atoms with Crippen molar-refractivity contribution in [2.75, 3.05) is 18.1 Å². The molecule has 0 aliphatic carbocycles. The molecular formula is C23H30N6O7S2. The molecule has 38 heavy (non-hydrogen) atoms. The highest BCUT2D eigenvalue weighted by Crippen LogP contribution is 2.22. The second-order valence-corrected chi connectivity index (χ2v) is 11.5. The minimum atomic E-state index is -3.99. The van der Waals surface area contributed by atoms with Gasteiger partial charge in [0.15, 0.2) is 5.03 Å². The quantitative estimate of drug-likeness (QED) is 0.252. The van der Waals surface area contributed by atoms with Gasteiger partial charge in [0.05, 0.1) is 17.8 Å². The highest BCUT2D eigenvalue weighted by atomic mass is 32.2. The van der Waals surface area contributed by atoms with E-state index >= 15 is 0 Å². The van der Waals surface area contributed by atoms with Gasteiger partial charge in [0.1, 0.15) is 12.1 Å². The summed E-state index contributed by atoms with van der Waals surface area (Å²) in [5.41, 5.74) is 6.30. The second kappa shape index (κ2) is 12.9. The van der Waals surface area contributed by atoms with Gasteiger partial charge in [-0.15, -0.1) is 11.8 Å². The van der Waals surface area contributed by atoms with Crippen molar-refractivity contribution in [2.45, 2.75) is 42.4 Å². The number of nitrogens with one attached hydrogen (secondary N) is 2. The Morgan fingerprint density at radius 3 is 2.53 bits per heavy atom. The Balaban J connectivity index is 1.77. The van der Waals surface area contributed by atoms with Gasteiger partial charge in [-0.25, -0.2) is 18.1 Å². The van der Waals surface area contributed by atoms with Crippen LogP contribution < -0.4 is 15.8 Å². The Labute approximate surface area is 224 Å². The van der Waals surface area contributed by atoms with Crippen molar-refractivity contribution in [2.24, 2.45) is 12.8 Å². The van der Waals surface area contributed by atoms with E-state index in [0.717, 1.165) is 17.3 Å². The summed E-state index contributed by atoms with van der Waals surface area (Å²) in [6.45, 7) is 0.0415. The monoisotopic (exact) mass is 566 g/mol. The SMILES string of the molecule is Cn1cnc(S(=O)(=O)N[C@H]2CCN(C(=O)CSCC(=O)O)[C@H](C(=O)N[C@H](Cc3ccccc3)C(N)=O)C2)c1. The number of nitrogens with two attached hydrogens (primary N) is 1. The summed E-state index contributed by atoms with van der Waals surface area (Å²) in [6, 6.07) is 6.05. The molecule has 13 nitrogen and oxygen atoms in total. The molecule has 2 aromatic rings. The highest BCUT2D eigenvalue weighted by molar-refractivity contribution is 8.00. The van der Waals surface area contributed by atoms with E-state index in [-0.39, 0.29) is 42.3 Å². The van der Waals surface area contributed by atoms with E-state index in [1.807, 2.05) is 0 Å². The molecule has 1 aromatic carbocycles. The fraction of sp³-hybridized carbons (Fsp3) is 0.435. The maximum Gasteiger partial charge on any atom is 0.313 e. The molecule has 1 fully saturated rings. The molecule has 3 rings (SSSR count). The number of sulfonamides is 1. The first kappa shape index (κ1) is 29.1. The first-order chi connectivity index (χ1) is 18.0. The standard InChI is InChI=1S/C23H30N6O7S2/c1-28-11-19(25-14-28)38(35,36)27-16-7-8-29(20(30)12-37-13-21(31)32)18(10-16)23(34)26-17(22(24)33)9-15-5-3-2-4-6-15/h2-6,11,14,16-18,27H,7-10,12-13H2,1H3,(H2,24,33)(H,26,34)(H,31,32)/t16-,17+,18-/m0/s1. The number of aromatic nitrogens is 2. The average molecular weight is 567 g/mol. The van der Waals surface area contributed by atoms with Crippen molar-refractivity contribution >= 4 is 45.5 Å². The smallest absolute Gasteiger partial charge is 0.313 e. The van der Waals surface area contributed by atoms with Crippen LogP contribution >= 0.6 is 11.8 Å². The van der Waals surface area contributed by atoms with Gasteiger partial charge in [0, 0.05) is 32.3 Å². The number of hydrogen-bond donors (Lipinski definition) is 4. The van der Waals surface area contributed by atoms with E-state index in [1.54, 1.807) is 37.4 Å². The van der Waals surface area contributed by atoms with Crippen molar-refractivity contribution in [3.05, 3.63) is 48.4 Å². The molecule has 0 spiro atoms. The van der Waals surface area contributed by atoms with Crippen LogP contribution in [0.5, 0.6) is 0 Å². The normalized spacial score (nSPS) is 18.5. The largest absolute Gasteiger partial charge is 0.481 e. The first-order valence-electron chi connectivity index (χ1n) is 11.7. The Bertz CT molecular complexity index is 1270. The summed E-state index contributed by atoms with van der Waals surface area (Å²) in [6.07, 6.45) is 2.97. The molecular weight excluding hydrogens is 536 g/mol. The van der Waals surface area contributed by atoms with E-state index in [0.29, 0.717) is 0 Å². The molecule has 3 atom stereocenters. The third-order valence-electron chi connectivity index (χ3n) is 5.90. The van der Waals surface area contributed by atoms with Gasteiger partial charge in [0.2, 0.25) is 17.7 Å². The van der Waals surface area contributed by atoms with Crippen LogP contribution in [0.2, 0.25) is 0 Å². The molecule has 1 saturated heterocycles. The number of piperidine rings is 1. The van der Waals surface area contributed by atoms with Crippen molar-refractivity contribution < 1.29 is 32.7 Å². The third kappa shape index (κ3) is 8.03. The summed E-state index contributed by atoms with van der Waals surface area (Å²) in [4.78, 5) is 54.4.